The average Bonchev–Trinajstić information content (AvgIpc) is 3.29. The zero-order chi connectivity index (χ0) is 22.8. The molecule has 1 unspecified atom stereocenters. The van der Waals surface area contributed by atoms with Crippen molar-refractivity contribution in [2.45, 2.75) is 71.4 Å². The predicted molar refractivity (Wildman–Crippen MR) is 145 cm³/mol. The van der Waals surface area contributed by atoms with Crippen LogP contribution in [0.4, 0.5) is 0 Å². The van der Waals surface area contributed by atoms with Crippen LogP contribution >= 0.6 is 24.0 Å². The molecule has 1 aliphatic carbocycles. The van der Waals surface area contributed by atoms with Crippen molar-refractivity contribution >= 4 is 35.8 Å². The Hall–Kier alpha value is -1.55. The van der Waals surface area contributed by atoms with Crippen LogP contribution in [-0.2, 0) is 11.3 Å². The molecule has 2 fully saturated rings. The minimum absolute atomic E-state index is 0. The number of nitrogens with one attached hydrogen (secondary N) is 2. The van der Waals surface area contributed by atoms with Gasteiger partial charge in [-0.05, 0) is 83.5 Å². The third-order valence-electron chi connectivity index (χ3n) is 6.42. The van der Waals surface area contributed by atoms with Crippen molar-refractivity contribution < 1.29 is 9.53 Å². The second kappa shape index (κ2) is 14.7. The molecule has 0 aromatic heterocycles. The lowest BCUT2D eigenvalue weighted by molar-refractivity contribution is -0.123. The number of aliphatic imine (C=N–C) groups is 1. The molecular formula is C25H42IN5O2. The molecule has 1 saturated heterocycles. The molecule has 33 heavy (non-hydrogen) atoms. The second-order valence-electron chi connectivity index (χ2n) is 9.15. The molecule has 186 valence electrons. The maximum absolute atomic E-state index is 11.5. The Morgan fingerprint density at radius 1 is 1.21 bits per heavy atom. The van der Waals surface area contributed by atoms with E-state index < -0.39 is 0 Å². The van der Waals surface area contributed by atoms with Gasteiger partial charge in [0.1, 0.15) is 5.75 Å². The number of piperidine rings is 1. The number of hydrogen-bond acceptors (Lipinski definition) is 4. The van der Waals surface area contributed by atoms with Crippen molar-refractivity contribution in [2.75, 3.05) is 32.7 Å². The molecule has 2 aliphatic rings. The van der Waals surface area contributed by atoms with Gasteiger partial charge in [-0.2, -0.15) is 0 Å². The number of likely N-dealkylation sites (tertiary alicyclic amines) is 1. The van der Waals surface area contributed by atoms with Gasteiger partial charge in [-0.25, -0.2) is 4.99 Å². The van der Waals surface area contributed by atoms with E-state index in [1.807, 2.05) is 0 Å². The van der Waals surface area contributed by atoms with Gasteiger partial charge in [0.05, 0.1) is 18.6 Å². The molecular weight excluding hydrogens is 529 g/mol. The van der Waals surface area contributed by atoms with Crippen LogP contribution in [0.5, 0.6) is 5.75 Å². The van der Waals surface area contributed by atoms with Gasteiger partial charge < -0.3 is 26.0 Å². The Morgan fingerprint density at radius 2 is 2.00 bits per heavy atom. The third-order valence-corrected chi connectivity index (χ3v) is 6.42. The Balaban J connectivity index is 0.00000385. The molecule has 1 atom stereocenters. The van der Waals surface area contributed by atoms with Crippen molar-refractivity contribution in [1.82, 2.24) is 15.5 Å². The highest BCUT2D eigenvalue weighted by Gasteiger charge is 2.23. The second-order valence-corrected chi connectivity index (χ2v) is 9.15. The van der Waals surface area contributed by atoms with Crippen molar-refractivity contribution in [3.05, 3.63) is 29.3 Å². The fourth-order valence-electron chi connectivity index (χ4n) is 4.59. The van der Waals surface area contributed by atoms with Crippen LogP contribution in [0.3, 0.4) is 0 Å². The summed E-state index contributed by atoms with van der Waals surface area (Å²) < 4.78 is 6.32. The predicted octanol–water partition coefficient (Wildman–Crippen LogP) is 3.58. The highest BCUT2D eigenvalue weighted by atomic mass is 127. The van der Waals surface area contributed by atoms with E-state index in [0.717, 1.165) is 82.1 Å². The van der Waals surface area contributed by atoms with Gasteiger partial charge >= 0.3 is 0 Å². The first-order valence-electron chi connectivity index (χ1n) is 12.3. The zero-order valence-corrected chi connectivity index (χ0v) is 22.6. The highest BCUT2D eigenvalue weighted by Crippen LogP contribution is 2.28. The summed E-state index contributed by atoms with van der Waals surface area (Å²) in [6, 6.07) is 6.41. The molecule has 0 radical (unpaired) electrons. The number of nitrogens with two attached hydrogens (primary N) is 1. The minimum atomic E-state index is -0.165. The smallest absolute Gasteiger partial charge is 0.221 e. The summed E-state index contributed by atoms with van der Waals surface area (Å²) in [6.45, 7) is 9.23. The molecule has 7 nitrogen and oxygen atoms in total. The van der Waals surface area contributed by atoms with Crippen molar-refractivity contribution in [2.24, 2.45) is 16.6 Å². The number of ether oxygens (including phenoxy) is 1. The largest absolute Gasteiger partial charge is 0.490 e. The van der Waals surface area contributed by atoms with Crippen LogP contribution in [0.15, 0.2) is 23.2 Å². The number of nitrogens with zero attached hydrogens (tertiary/aromatic N) is 2. The summed E-state index contributed by atoms with van der Waals surface area (Å²) in [5, 5.41) is 6.79. The Labute approximate surface area is 216 Å². The standard InChI is InChI=1S/C25H41N5O2.HI/c1-3-27-25(28-13-7-15-30-14-6-8-21(18-30)24(26)31)29-17-20-12-11-19(2)16-23(20)32-22-9-4-5-10-22;/h11-12,16,21-22H,3-10,13-15,17-18H2,1-2H3,(H2,26,31)(H2,27,28,29);1H. The SMILES string of the molecule is CCNC(=NCc1ccc(C)cc1OC1CCCC1)NCCCN1CCCC(C(N)=O)C1.I. The molecule has 4 N–H and O–H groups in total. The van der Waals surface area contributed by atoms with E-state index in [1.165, 1.54) is 18.4 Å². The van der Waals surface area contributed by atoms with Crippen LogP contribution < -0.4 is 21.1 Å². The molecule has 0 spiro atoms. The van der Waals surface area contributed by atoms with Gasteiger partial charge in [-0.15, -0.1) is 24.0 Å². The zero-order valence-electron chi connectivity index (χ0n) is 20.3. The first kappa shape index (κ1) is 27.7. The van der Waals surface area contributed by atoms with Crippen LogP contribution in [0, 0.1) is 12.8 Å². The van der Waals surface area contributed by atoms with Gasteiger partial charge in [-0.1, -0.05) is 12.1 Å². The normalized spacial score (nSPS) is 19.7. The van der Waals surface area contributed by atoms with Crippen molar-refractivity contribution in [3.8, 4) is 5.75 Å². The lowest BCUT2D eigenvalue weighted by Crippen LogP contribution is -2.43. The molecule has 1 heterocycles. The maximum atomic E-state index is 11.5. The first-order chi connectivity index (χ1) is 15.5. The number of benzene rings is 1. The van der Waals surface area contributed by atoms with E-state index in [-0.39, 0.29) is 35.8 Å². The average molecular weight is 572 g/mol. The van der Waals surface area contributed by atoms with E-state index in [1.54, 1.807) is 0 Å². The van der Waals surface area contributed by atoms with Crippen molar-refractivity contribution in [3.63, 3.8) is 0 Å². The Morgan fingerprint density at radius 3 is 2.73 bits per heavy atom. The molecule has 1 aliphatic heterocycles. The summed E-state index contributed by atoms with van der Waals surface area (Å²) in [4.78, 5) is 18.6. The van der Waals surface area contributed by atoms with Crippen LogP contribution in [0.1, 0.15) is 63.0 Å². The fourth-order valence-corrected chi connectivity index (χ4v) is 4.59. The topological polar surface area (TPSA) is 92.0 Å². The van der Waals surface area contributed by atoms with E-state index in [9.17, 15) is 4.79 Å². The van der Waals surface area contributed by atoms with Gasteiger partial charge in [0, 0.05) is 25.2 Å². The van der Waals surface area contributed by atoms with Crippen LogP contribution in [-0.4, -0.2) is 55.6 Å². The minimum Gasteiger partial charge on any atom is -0.490 e. The molecule has 3 rings (SSSR count). The van der Waals surface area contributed by atoms with E-state index >= 15 is 0 Å². The first-order valence-corrected chi connectivity index (χ1v) is 12.3. The Bertz CT molecular complexity index is 767. The number of hydrogen-bond donors (Lipinski definition) is 3. The highest BCUT2D eigenvalue weighted by molar-refractivity contribution is 14.0. The number of guanidine groups is 1. The molecule has 8 heteroatoms. The molecule has 1 amide bonds. The molecule has 1 aromatic carbocycles. The number of amides is 1. The van der Waals surface area contributed by atoms with E-state index in [4.69, 9.17) is 15.5 Å². The summed E-state index contributed by atoms with van der Waals surface area (Å²) >= 11 is 0. The number of aryl methyl sites for hydroxylation is 1. The van der Waals surface area contributed by atoms with Crippen LogP contribution in [0.25, 0.3) is 0 Å². The fraction of sp³-hybridized carbons (Fsp3) is 0.680. The van der Waals surface area contributed by atoms with Gasteiger partial charge in [-0.3, -0.25) is 4.79 Å². The molecule has 1 saturated carbocycles. The number of halogens is 1. The summed E-state index contributed by atoms with van der Waals surface area (Å²) in [5.74, 6) is 1.65. The summed E-state index contributed by atoms with van der Waals surface area (Å²) in [7, 11) is 0. The lowest BCUT2D eigenvalue weighted by atomic mass is 9.97. The summed E-state index contributed by atoms with van der Waals surface area (Å²) in [5.41, 5.74) is 7.84. The third kappa shape index (κ3) is 9.31. The number of primary amides is 1. The van der Waals surface area contributed by atoms with E-state index in [2.05, 4.69) is 47.6 Å². The van der Waals surface area contributed by atoms with E-state index in [0.29, 0.717) is 12.6 Å². The van der Waals surface area contributed by atoms with Gasteiger partial charge in [0.2, 0.25) is 5.91 Å². The monoisotopic (exact) mass is 571 g/mol. The maximum Gasteiger partial charge on any atom is 0.221 e. The number of rotatable bonds is 10. The van der Waals surface area contributed by atoms with Gasteiger partial charge in [0.25, 0.3) is 0 Å². The molecule has 1 aromatic rings. The van der Waals surface area contributed by atoms with Crippen molar-refractivity contribution in [1.29, 1.82) is 0 Å². The number of carbonyl (C=O) groups excluding carboxylic acids is 1. The quantitative estimate of drug-likeness (QED) is 0.173. The van der Waals surface area contributed by atoms with Gasteiger partial charge in [0.15, 0.2) is 5.96 Å². The molecule has 0 bridgehead atoms. The van der Waals surface area contributed by atoms with Crippen LogP contribution in [0.2, 0.25) is 0 Å². The number of carbonyl (C=O) groups is 1. The summed E-state index contributed by atoms with van der Waals surface area (Å²) in [6.07, 6.45) is 8.14. The lowest BCUT2D eigenvalue weighted by Gasteiger charge is -2.31. The Kier molecular flexibility index (Phi) is 12.3.